The second-order valence-electron chi connectivity index (χ2n) is 7.34. The van der Waals surface area contributed by atoms with Gasteiger partial charge in [-0.1, -0.05) is 30.3 Å². The Hall–Kier alpha value is -3.85. The number of rotatable bonds is 2. The Labute approximate surface area is 177 Å². The van der Waals surface area contributed by atoms with E-state index in [0.29, 0.717) is 0 Å². The third-order valence-corrected chi connectivity index (χ3v) is 5.38. The van der Waals surface area contributed by atoms with Crippen molar-refractivity contribution in [1.29, 1.82) is 0 Å². The Morgan fingerprint density at radius 1 is 0.903 bits per heavy atom. The number of ketones is 1. The van der Waals surface area contributed by atoms with Gasteiger partial charge in [-0.05, 0) is 18.2 Å². The zero-order valence-electron chi connectivity index (χ0n) is 16.4. The molecule has 0 saturated carbocycles. The highest BCUT2D eigenvalue weighted by atomic mass is 16.4. The SMILES string of the molecule is O=C(O)CN1CCNC(=O)c2ccccc2C(=O)N2C(=O)c3ccccc3C(=O)C2C1. The third kappa shape index (κ3) is 3.71. The average Bonchev–Trinajstić information content (AvgIpc) is 2.77. The molecule has 2 heterocycles. The van der Waals surface area contributed by atoms with Crippen molar-refractivity contribution in [2.45, 2.75) is 6.04 Å². The number of Topliss-reactive ketones (excluding diaryl/α,β-unsaturated/α-hetero) is 1. The van der Waals surface area contributed by atoms with Crippen LogP contribution in [-0.2, 0) is 4.79 Å². The van der Waals surface area contributed by atoms with Gasteiger partial charge in [-0.25, -0.2) is 0 Å². The molecule has 0 saturated heterocycles. The van der Waals surface area contributed by atoms with E-state index in [1.165, 1.54) is 29.2 Å². The van der Waals surface area contributed by atoms with Crippen LogP contribution in [0.1, 0.15) is 41.4 Å². The first kappa shape index (κ1) is 20.4. The topological polar surface area (TPSA) is 124 Å². The van der Waals surface area contributed by atoms with Gasteiger partial charge in [0.2, 0.25) is 0 Å². The van der Waals surface area contributed by atoms with Crippen LogP contribution in [0, 0.1) is 0 Å². The number of nitrogens with zero attached hydrogens (tertiary/aromatic N) is 2. The molecule has 9 heteroatoms. The van der Waals surface area contributed by atoms with Gasteiger partial charge in [-0.3, -0.25) is 33.8 Å². The highest BCUT2D eigenvalue weighted by Crippen LogP contribution is 2.27. The number of hydrogen-bond acceptors (Lipinski definition) is 6. The van der Waals surface area contributed by atoms with Crippen molar-refractivity contribution in [2.75, 3.05) is 26.2 Å². The largest absolute Gasteiger partial charge is 0.480 e. The molecule has 2 N–H and O–H groups in total. The fourth-order valence-corrected chi connectivity index (χ4v) is 3.94. The number of benzene rings is 2. The number of carbonyl (C=O) groups is 5. The molecule has 0 aromatic heterocycles. The highest BCUT2D eigenvalue weighted by molar-refractivity contribution is 6.23. The third-order valence-electron chi connectivity index (χ3n) is 5.38. The standard InChI is InChI=1S/C22H19N3O6/c26-18(27)12-24-10-9-23-20(29)14-6-2-4-8-16(14)22(31)25-17(11-24)19(28)13-5-1-3-7-15(13)21(25)30/h1-8,17H,9-12H2,(H,23,29)(H,26,27). The summed E-state index contributed by atoms with van der Waals surface area (Å²) in [5.74, 6) is -3.53. The summed E-state index contributed by atoms with van der Waals surface area (Å²) in [4.78, 5) is 66.3. The number of aliphatic carboxylic acids is 1. The summed E-state index contributed by atoms with van der Waals surface area (Å²) in [6, 6.07) is 11.1. The lowest BCUT2D eigenvalue weighted by Crippen LogP contribution is -2.57. The minimum Gasteiger partial charge on any atom is -0.480 e. The molecule has 0 aliphatic carbocycles. The summed E-state index contributed by atoms with van der Waals surface area (Å²) < 4.78 is 0. The number of carboxylic acids is 1. The number of carboxylic acid groups (broad SMARTS) is 1. The summed E-state index contributed by atoms with van der Waals surface area (Å²) in [6.07, 6.45) is 0. The fraction of sp³-hybridized carbons (Fsp3) is 0.227. The van der Waals surface area contributed by atoms with Crippen molar-refractivity contribution in [3.8, 4) is 0 Å². The van der Waals surface area contributed by atoms with Gasteiger partial charge in [-0.15, -0.1) is 0 Å². The Morgan fingerprint density at radius 3 is 2.06 bits per heavy atom. The summed E-state index contributed by atoms with van der Waals surface area (Å²) >= 11 is 0. The number of carbonyl (C=O) groups excluding carboxylic acids is 4. The van der Waals surface area contributed by atoms with Crippen LogP contribution in [-0.4, -0.2) is 76.6 Å². The quantitative estimate of drug-likeness (QED) is 0.683. The van der Waals surface area contributed by atoms with Gasteiger partial charge in [0.15, 0.2) is 5.78 Å². The molecule has 31 heavy (non-hydrogen) atoms. The van der Waals surface area contributed by atoms with E-state index < -0.39 is 42.1 Å². The number of hydrogen-bond donors (Lipinski definition) is 2. The Bertz CT molecular complexity index is 1110. The molecule has 1 atom stereocenters. The van der Waals surface area contributed by atoms with Gasteiger partial charge in [0, 0.05) is 25.2 Å². The zero-order chi connectivity index (χ0) is 22.1. The minimum absolute atomic E-state index is 0.00258. The van der Waals surface area contributed by atoms with Crippen LogP contribution in [0.15, 0.2) is 48.5 Å². The van der Waals surface area contributed by atoms with Crippen LogP contribution < -0.4 is 5.32 Å². The van der Waals surface area contributed by atoms with Gasteiger partial charge in [0.1, 0.15) is 6.04 Å². The van der Waals surface area contributed by atoms with Crippen molar-refractivity contribution >= 4 is 29.5 Å². The van der Waals surface area contributed by atoms with E-state index in [2.05, 4.69) is 5.32 Å². The van der Waals surface area contributed by atoms with Crippen LogP contribution in [0.2, 0.25) is 0 Å². The van der Waals surface area contributed by atoms with E-state index in [-0.39, 0.29) is 41.9 Å². The van der Waals surface area contributed by atoms with E-state index in [0.717, 1.165) is 4.90 Å². The molecule has 9 nitrogen and oxygen atoms in total. The Morgan fingerprint density at radius 2 is 1.45 bits per heavy atom. The first-order valence-electron chi connectivity index (χ1n) is 9.71. The molecule has 1 unspecified atom stereocenters. The molecule has 158 valence electrons. The molecule has 2 aliphatic rings. The van der Waals surface area contributed by atoms with Crippen molar-refractivity contribution in [1.82, 2.24) is 15.1 Å². The molecule has 3 amide bonds. The molecule has 4 rings (SSSR count). The minimum atomic E-state index is -1.21. The number of nitrogens with one attached hydrogen (secondary N) is 1. The van der Waals surface area contributed by atoms with E-state index in [1.54, 1.807) is 24.3 Å². The first-order valence-corrected chi connectivity index (χ1v) is 9.71. The fourth-order valence-electron chi connectivity index (χ4n) is 3.94. The maximum absolute atomic E-state index is 13.5. The molecule has 2 aliphatic heterocycles. The predicted molar refractivity (Wildman–Crippen MR) is 108 cm³/mol. The maximum atomic E-state index is 13.5. The van der Waals surface area contributed by atoms with E-state index in [4.69, 9.17) is 0 Å². The lowest BCUT2D eigenvalue weighted by molar-refractivity contribution is -0.138. The van der Waals surface area contributed by atoms with Gasteiger partial charge in [0.05, 0.1) is 23.2 Å². The first-order chi connectivity index (χ1) is 14.9. The van der Waals surface area contributed by atoms with Gasteiger partial charge in [-0.2, -0.15) is 0 Å². The molecule has 2 aromatic carbocycles. The smallest absolute Gasteiger partial charge is 0.317 e. The van der Waals surface area contributed by atoms with Crippen molar-refractivity contribution in [3.05, 3.63) is 70.8 Å². The number of imide groups is 1. The monoisotopic (exact) mass is 421 g/mol. The summed E-state index contributed by atoms with van der Waals surface area (Å²) in [6.45, 7) is -0.332. The summed E-state index contributed by atoms with van der Waals surface area (Å²) in [5, 5.41) is 11.9. The highest BCUT2D eigenvalue weighted by Gasteiger charge is 2.44. The van der Waals surface area contributed by atoms with Crippen LogP contribution in [0.25, 0.3) is 0 Å². The lowest BCUT2D eigenvalue weighted by atomic mass is 9.90. The Kier molecular flexibility index (Phi) is 5.35. The average molecular weight is 421 g/mol. The summed E-state index contributed by atoms with van der Waals surface area (Å²) in [5.41, 5.74) is 0.363. The maximum Gasteiger partial charge on any atom is 0.317 e. The second kappa shape index (κ2) is 8.11. The van der Waals surface area contributed by atoms with Gasteiger partial charge >= 0.3 is 5.97 Å². The molecule has 0 radical (unpaired) electrons. The number of amides is 3. The van der Waals surface area contributed by atoms with Gasteiger partial charge in [0.25, 0.3) is 17.7 Å². The molecule has 0 bridgehead atoms. The second-order valence-corrected chi connectivity index (χ2v) is 7.34. The molecular formula is C22H19N3O6. The number of fused-ring (bicyclic) bond motifs is 3. The van der Waals surface area contributed by atoms with Crippen LogP contribution >= 0.6 is 0 Å². The van der Waals surface area contributed by atoms with E-state index >= 15 is 0 Å². The van der Waals surface area contributed by atoms with Crippen molar-refractivity contribution in [2.24, 2.45) is 0 Å². The molecule has 2 aromatic rings. The summed E-state index contributed by atoms with van der Waals surface area (Å²) in [7, 11) is 0. The molecule has 0 spiro atoms. The molecular weight excluding hydrogens is 402 g/mol. The van der Waals surface area contributed by atoms with Gasteiger partial charge < -0.3 is 10.4 Å². The van der Waals surface area contributed by atoms with Crippen LogP contribution in [0.4, 0.5) is 0 Å². The van der Waals surface area contributed by atoms with Crippen LogP contribution in [0.3, 0.4) is 0 Å². The Balaban J connectivity index is 1.87. The zero-order valence-corrected chi connectivity index (χ0v) is 16.4. The predicted octanol–water partition coefficient (Wildman–Crippen LogP) is 0.664. The lowest BCUT2D eigenvalue weighted by Gasteiger charge is -2.36. The van der Waals surface area contributed by atoms with Crippen molar-refractivity contribution in [3.63, 3.8) is 0 Å². The van der Waals surface area contributed by atoms with E-state index in [9.17, 15) is 29.1 Å². The van der Waals surface area contributed by atoms with Crippen molar-refractivity contribution < 1.29 is 29.1 Å². The normalized spacial score (nSPS) is 19.6. The van der Waals surface area contributed by atoms with Crippen LogP contribution in [0.5, 0.6) is 0 Å². The molecule has 0 fully saturated rings. The van der Waals surface area contributed by atoms with E-state index in [1.807, 2.05) is 0 Å².